The first kappa shape index (κ1) is 22.5. The van der Waals surface area contributed by atoms with Crippen LogP contribution in [0.3, 0.4) is 0 Å². The molecule has 0 aliphatic carbocycles. The fraction of sp³-hybridized carbons (Fsp3) is 0.318. The van der Waals surface area contributed by atoms with E-state index in [0.29, 0.717) is 6.42 Å². The highest BCUT2D eigenvalue weighted by Gasteiger charge is 2.41. The smallest absolute Gasteiger partial charge is 0.269 e. The van der Waals surface area contributed by atoms with Crippen LogP contribution in [0.4, 0.5) is 0 Å². The minimum atomic E-state index is -3.99. The predicted molar refractivity (Wildman–Crippen MR) is 114 cm³/mol. The van der Waals surface area contributed by atoms with Crippen LogP contribution in [-0.2, 0) is 26.2 Å². The number of amides is 3. The van der Waals surface area contributed by atoms with Gasteiger partial charge < -0.3 is 10.2 Å². The van der Waals surface area contributed by atoms with Crippen LogP contribution < -0.4 is 5.32 Å². The maximum Gasteiger partial charge on any atom is 0.269 e. The minimum absolute atomic E-state index is 0.0506. The lowest BCUT2D eigenvalue weighted by atomic mass is 10.1. The topological polar surface area (TPSA) is 104 Å². The zero-order valence-electron chi connectivity index (χ0n) is 17.4. The number of carbonyl (C=O) groups excluding carboxylic acids is 3. The fourth-order valence-corrected chi connectivity index (χ4v) is 5.23. The zero-order valence-corrected chi connectivity index (χ0v) is 18.3. The molecule has 1 atom stereocenters. The Labute approximate surface area is 181 Å². The highest BCUT2D eigenvalue weighted by atomic mass is 32.2. The molecule has 2 aromatic rings. The molecular formula is C22H25N3O5S. The molecule has 0 spiro atoms. The van der Waals surface area contributed by atoms with Crippen LogP contribution in [0.15, 0.2) is 59.5 Å². The van der Waals surface area contributed by atoms with Crippen LogP contribution in [0, 0.1) is 0 Å². The Morgan fingerprint density at radius 2 is 1.71 bits per heavy atom. The molecule has 0 fully saturated rings. The van der Waals surface area contributed by atoms with E-state index in [1.54, 1.807) is 19.1 Å². The number of hydrogen-bond acceptors (Lipinski definition) is 5. The minimum Gasteiger partial charge on any atom is -0.357 e. The summed E-state index contributed by atoms with van der Waals surface area (Å²) >= 11 is 0. The van der Waals surface area contributed by atoms with Crippen LogP contribution in [0.1, 0.15) is 35.7 Å². The van der Waals surface area contributed by atoms with Crippen molar-refractivity contribution in [1.29, 1.82) is 0 Å². The molecule has 0 saturated heterocycles. The second kappa shape index (κ2) is 9.30. The maximum absolute atomic E-state index is 13.1. The first-order chi connectivity index (χ1) is 14.8. The molecule has 9 heteroatoms. The number of fused-ring (bicyclic) bond motifs is 1. The van der Waals surface area contributed by atoms with E-state index in [9.17, 15) is 22.8 Å². The van der Waals surface area contributed by atoms with Gasteiger partial charge >= 0.3 is 0 Å². The molecule has 0 aromatic heterocycles. The lowest BCUT2D eigenvalue weighted by Crippen LogP contribution is -2.49. The first-order valence-electron chi connectivity index (χ1n) is 10.0. The average molecular weight is 444 g/mol. The Hall–Kier alpha value is -3.20. The molecule has 1 unspecified atom stereocenters. The van der Waals surface area contributed by atoms with Crippen molar-refractivity contribution in [3.63, 3.8) is 0 Å². The molecule has 0 radical (unpaired) electrons. The third-order valence-electron chi connectivity index (χ3n) is 5.27. The monoisotopic (exact) mass is 443 g/mol. The molecule has 164 valence electrons. The number of benzene rings is 2. The Balaban J connectivity index is 1.81. The van der Waals surface area contributed by atoms with Crippen molar-refractivity contribution < 1.29 is 22.8 Å². The largest absolute Gasteiger partial charge is 0.357 e. The summed E-state index contributed by atoms with van der Waals surface area (Å²) in [5, 5.41) is 2.57. The van der Waals surface area contributed by atoms with Crippen LogP contribution in [0.25, 0.3) is 0 Å². The van der Waals surface area contributed by atoms with E-state index in [1.165, 1.54) is 24.1 Å². The van der Waals surface area contributed by atoms with Gasteiger partial charge in [-0.1, -0.05) is 49.4 Å². The van der Waals surface area contributed by atoms with E-state index in [-0.39, 0.29) is 35.9 Å². The molecule has 1 aliphatic heterocycles. The second-order valence-electron chi connectivity index (χ2n) is 7.17. The Morgan fingerprint density at radius 1 is 1.06 bits per heavy atom. The highest BCUT2D eigenvalue weighted by Crippen LogP contribution is 2.30. The molecule has 0 bridgehead atoms. The van der Waals surface area contributed by atoms with Crippen molar-refractivity contribution in [1.82, 2.24) is 14.5 Å². The van der Waals surface area contributed by atoms with Gasteiger partial charge in [-0.2, -0.15) is 0 Å². The molecule has 2 aromatic carbocycles. The molecule has 3 rings (SSSR count). The number of likely N-dealkylation sites (N-methyl/N-ethyl adjacent to an activating group) is 1. The van der Waals surface area contributed by atoms with Gasteiger partial charge in [0.05, 0.1) is 5.56 Å². The van der Waals surface area contributed by atoms with Crippen molar-refractivity contribution in [2.45, 2.75) is 37.2 Å². The van der Waals surface area contributed by atoms with Crippen LogP contribution in [0.5, 0.6) is 0 Å². The van der Waals surface area contributed by atoms with Crippen LogP contribution in [-0.4, -0.2) is 55.0 Å². The lowest BCUT2D eigenvalue weighted by molar-refractivity contribution is -0.141. The van der Waals surface area contributed by atoms with Gasteiger partial charge in [-0.3, -0.25) is 14.4 Å². The summed E-state index contributed by atoms with van der Waals surface area (Å²) in [5.41, 5.74) is 0.948. The zero-order chi connectivity index (χ0) is 22.6. The predicted octanol–water partition coefficient (Wildman–Crippen LogP) is 1.77. The summed E-state index contributed by atoms with van der Waals surface area (Å²) in [7, 11) is -2.49. The SMILES string of the molecule is CCC(C(=O)NC)N(Cc1ccccc1)C(=O)CCN1C(=O)c2ccccc2S1(=O)=O. The molecule has 1 heterocycles. The molecule has 3 amide bonds. The summed E-state index contributed by atoms with van der Waals surface area (Å²) < 4.78 is 26.2. The molecule has 0 saturated carbocycles. The molecule has 1 N–H and O–H groups in total. The summed E-state index contributed by atoms with van der Waals surface area (Å²) in [5.74, 6) is -1.35. The molecular weight excluding hydrogens is 418 g/mol. The summed E-state index contributed by atoms with van der Waals surface area (Å²) in [6, 6.07) is 14.5. The van der Waals surface area contributed by atoms with Crippen molar-refractivity contribution in [3.8, 4) is 0 Å². The van der Waals surface area contributed by atoms with Gasteiger partial charge in [-0.25, -0.2) is 12.7 Å². The maximum atomic E-state index is 13.1. The lowest BCUT2D eigenvalue weighted by Gasteiger charge is -2.30. The van der Waals surface area contributed by atoms with E-state index in [0.717, 1.165) is 9.87 Å². The van der Waals surface area contributed by atoms with Gasteiger partial charge in [0.1, 0.15) is 10.9 Å². The van der Waals surface area contributed by atoms with E-state index in [1.807, 2.05) is 30.3 Å². The highest BCUT2D eigenvalue weighted by molar-refractivity contribution is 7.90. The van der Waals surface area contributed by atoms with Crippen molar-refractivity contribution >= 4 is 27.7 Å². The number of rotatable bonds is 8. The van der Waals surface area contributed by atoms with Gasteiger partial charge in [0, 0.05) is 26.6 Å². The number of carbonyl (C=O) groups is 3. The van der Waals surface area contributed by atoms with E-state index >= 15 is 0 Å². The van der Waals surface area contributed by atoms with Crippen molar-refractivity contribution in [2.75, 3.05) is 13.6 Å². The Bertz CT molecular complexity index is 1090. The van der Waals surface area contributed by atoms with Gasteiger partial charge in [0.2, 0.25) is 11.8 Å². The molecule has 1 aliphatic rings. The normalized spacial score (nSPS) is 15.3. The summed E-state index contributed by atoms with van der Waals surface area (Å²) in [6.45, 7) is 1.72. The summed E-state index contributed by atoms with van der Waals surface area (Å²) in [4.78, 5) is 39.5. The van der Waals surface area contributed by atoms with Crippen molar-refractivity contribution in [3.05, 3.63) is 65.7 Å². The van der Waals surface area contributed by atoms with Crippen molar-refractivity contribution in [2.24, 2.45) is 0 Å². The van der Waals surface area contributed by atoms with Crippen LogP contribution in [0.2, 0.25) is 0 Å². The molecule has 8 nitrogen and oxygen atoms in total. The third kappa shape index (κ3) is 4.46. The fourth-order valence-electron chi connectivity index (χ4n) is 3.66. The van der Waals surface area contributed by atoms with Gasteiger partial charge in [0.25, 0.3) is 15.9 Å². The standard InChI is InChI=1S/C22H25N3O5S/c1-3-18(21(27)23-2)24(15-16-9-5-4-6-10-16)20(26)13-14-25-22(28)17-11-7-8-12-19(17)31(25,29)30/h4-12,18H,3,13-15H2,1-2H3,(H,23,27). The Kier molecular flexibility index (Phi) is 6.74. The van der Waals surface area contributed by atoms with E-state index in [4.69, 9.17) is 0 Å². The number of hydrogen-bond donors (Lipinski definition) is 1. The second-order valence-corrected chi connectivity index (χ2v) is 9.00. The first-order valence-corrected chi connectivity index (χ1v) is 11.5. The third-order valence-corrected chi connectivity index (χ3v) is 7.11. The average Bonchev–Trinajstić information content (AvgIpc) is 2.97. The number of nitrogens with one attached hydrogen (secondary N) is 1. The van der Waals surface area contributed by atoms with E-state index in [2.05, 4.69) is 5.32 Å². The van der Waals surface area contributed by atoms with E-state index < -0.39 is 27.9 Å². The molecule has 31 heavy (non-hydrogen) atoms. The number of sulfonamides is 1. The van der Waals surface area contributed by atoms with Gasteiger partial charge in [0.15, 0.2) is 0 Å². The summed E-state index contributed by atoms with van der Waals surface area (Å²) in [6.07, 6.45) is 0.171. The van der Waals surface area contributed by atoms with Gasteiger partial charge in [-0.15, -0.1) is 0 Å². The quantitative estimate of drug-likeness (QED) is 0.670. The number of nitrogens with zero attached hydrogens (tertiary/aromatic N) is 2. The Morgan fingerprint density at radius 3 is 2.32 bits per heavy atom. The van der Waals surface area contributed by atoms with Crippen LogP contribution >= 0.6 is 0 Å². The van der Waals surface area contributed by atoms with Gasteiger partial charge in [-0.05, 0) is 24.1 Å².